The fourth-order valence-electron chi connectivity index (χ4n) is 2.74. The predicted octanol–water partition coefficient (Wildman–Crippen LogP) is 2.42. The summed E-state index contributed by atoms with van der Waals surface area (Å²) in [5.74, 6) is 0.704. The summed E-state index contributed by atoms with van der Waals surface area (Å²) in [6, 6.07) is 12.3. The number of benzene rings is 2. The zero-order chi connectivity index (χ0) is 16.7. The molecule has 24 heavy (non-hydrogen) atoms. The summed E-state index contributed by atoms with van der Waals surface area (Å²) < 4.78 is 10.6. The van der Waals surface area contributed by atoms with Gasteiger partial charge in [-0.1, -0.05) is 6.07 Å². The summed E-state index contributed by atoms with van der Waals surface area (Å²) in [6.07, 6.45) is 0.159. The number of imide groups is 1. The molecule has 1 fully saturated rings. The number of nitrogens with two attached hydrogens (primary N) is 1. The molecule has 6 nitrogen and oxygen atoms in total. The maximum absolute atomic E-state index is 12.7. The van der Waals surface area contributed by atoms with Crippen molar-refractivity contribution in [1.82, 2.24) is 0 Å². The highest BCUT2D eigenvalue weighted by Gasteiger charge is 2.40. The molecule has 2 heterocycles. The van der Waals surface area contributed by atoms with Gasteiger partial charge in [-0.2, -0.15) is 0 Å². The van der Waals surface area contributed by atoms with Gasteiger partial charge in [-0.15, -0.1) is 11.8 Å². The number of ether oxygens (including phenoxy) is 2. The number of anilines is 2. The Kier molecular flexibility index (Phi) is 3.57. The van der Waals surface area contributed by atoms with Crippen LogP contribution in [0.2, 0.25) is 0 Å². The number of amides is 2. The highest BCUT2D eigenvalue weighted by Crippen LogP contribution is 2.39. The number of nitrogens with zero attached hydrogens (tertiary/aromatic N) is 1. The van der Waals surface area contributed by atoms with Crippen molar-refractivity contribution in [2.75, 3.05) is 17.4 Å². The third kappa shape index (κ3) is 2.56. The molecule has 0 bridgehead atoms. The second-order valence-corrected chi connectivity index (χ2v) is 6.76. The van der Waals surface area contributed by atoms with Gasteiger partial charge in [0.25, 0.3) is 0 Å². The number of hydrogen-bond acceptors (Lipinski definition) is 6. The highest BCUT2D eigenvalue weighted by molar-refractivity contribution is 8.00. The van der Waals surface area contributed by atoms with Crippen LogP contribution in [0.15, 0.2) is 47.4 Å². The van der Waals surface area contributed by atoms with Crippen LogP contribution in [-0.2, 0) is 9.59 Å². The van der Waals surface area contributed by atoms with Crippen molar-refractivity contribution in [3.8, 4) is 11.5 Å². The minimum atomic E-state index is -0.454. The Hall–Kier alpha value is -2.67. The second kappa shape index (κ2) is 5.76. The van der Waals surface area contributed by atoms with Crippen LogP contribution >= 0.6 is 11.8 Å². The summed E-state index contributed by atoms with van der Waals surface area (Å²) >= 11 is 1.35. The van der Waals surface area contributed by atoms with Crippen LogP contribution in [-0.4, -0.2) is 23.9 Å². The third-order valence-electron chi connectivity index (χ3n) is 3.86. The van der Waals surface area contributed by atoms with Crippen LogP contribution in [0, 0.1) is 0 Å². The van der Waals surface area contributed by atoms with Crippen LogP contribution < -0.4 is 20.1 Å². The SMILES string of the molecule is Nc1cccc(S[C@@H]2CC(=O)N(c3ccc4c(c3)OCO4)C2=O)c1. The Labute approximate surface area is 142 Å². The van der Waals surface area contributed by atoms with E-state index in [-0.39, 0.29) is 25.0 Å². The predicted molar refractivity (Wildman–Crippen MR) is 90.2 cm³/mol. The first kappa shape index (κ1) is 14.9. The van der Waals surface area contributed by atoms with Gasteiger partial charge in [0.05, 0.1) is 10.9 Å². The van der Waals surface area contributed by atoms with Crippen LogP contribution in [0.5, 0.6) is 11.5 Å². The van der Waals surface area contributed by atoms with E-state index in [4.69, 9.17) is 15.2 Å². The Balaban J connectivity index is 1.57. The molecule has 2 aliphatic rings. The van der Waals surface area contributed by atoms with Gasteiger partial charge in [0.1, 0.15) is 0 Å². The van der Waals surface area contributed by atoms with E-state index in [0.29, 0.717) is 22.9 Å². The topological polar surface area (TPSA) is 81.9 Å². The van der Waals surface area contributed by atoms with E-state index in [1.54, 1.807) is 30.3 Å². The first-order valence-corrected chi connectivity index (χ1v) is 8.28. The quantitative estimate of drug-likeness (QED) is 0.681. The summed E-state index contributed by atoms with van der Waals surface area (Å²) in [6.45, 7) is 0.147. The van der Waals surface area contributed by atoms with Gasteiger partial charge in [0, 0.05) is 23.1 Å². The molecule has 0 saturated carbocycles. The Bertz CT molecular complexity index is 839. The molecule has 1 atom stereocenters. The van der Waals surface area contributed by atoms with Crippen molar-refractivity contribution < 1.29 is 19.1 Å². The molecule has 122 valence electrons. The zero-order valence-electron chi connectivity index (χ0n) is 12.6. The van der Waals surface area contributed by atoms with Crippen LogP contribution in [0.25, 0.3) is 0 Å². The molecule has 2 aromatic carbocycles. The van der Waals surface area contributed by atoms with E-state index in [9.17, 15) is 9.59 Å². The van der Waals surface area contributed by atoms with E-state index < -0.39 is 5.25 Å². The van der Waals surface area contributed by atoms with Gasteiger partial charge in [0.2, 0.25) is 18.6 Å². The van der Waals surface area contributed by atoms with Crippen molar-refractivity contribution in [1.29, 1.82) is 0 Å². The number of fused-ring (bicyclic) bond motifs is 1. The lowest BCUT2D eigenvalue weighted by molar-refractivity contribution is -0.121. The van der Waals surface area contributed by atoms with Gasteiger partial charge in [-0.05, 0) is 30.3 Å². The number of thioether (sulfide) groups is 1. The van der Waals surface area contributed by atoms with Crippen LogP contribution in [0.3, 0.4) is 0 Å². The lowest BCUT2D eigenvalue weighted by Crippen LogP contribution is -2.31. The molecule has 0 aliphatic carbocycles. The van der Waals surface area contributed by atoms with Crippen LogP contribution in [0.1, 0.15) is 6.42 Å². The molecule has 1 saturated heterocycles. The molecule has 2 N–H and O–H groups in total. The number of rotatable bonds is 3. The third-order valence-corrected chi connectivity index (χ3v) is 5.03. The average Bonchev–Trinajstić information content (AvgIpc) is 3.12. The van der Waals surface area contributed by atoms with E-state index in [1.807, 2.05) is 12.1 Å². The Morgan fingerprint density at radius 3 is 2.75 bits per heavy atom. The smallest absolute Gasteiger partial charge is 0.247 e. The summed E-state index contributed by atoms with van der Waals surface area (Å²) in [5, 5.41) is -0.454. The van der Waals surface area contributed by atoms with E-state index in [0.717, 1.165) is 4.90 Å². The van der Waals surface area contributed by atoms with Crippen molar-refractivity contribution in [2.45, 2.75) is 16.6 Å². The van der Waals surface area contributed by atoms with Crippen molar-refractivity contribution >= 4 is 35.0 Å². The van der Waals surface area contributed by atoms with Crippen LogP contribution in [0.4, 0.5) is 11.4 Å². The maximum atomic E-state index is 12.7. The second-order valence-electron chi connectivity index (χ2n) is 5.49. The summed E-state index contributed by atoms with van der Waals surface area (Å²) in [7, 11) is 0. The van der Waals surface area contributed by atoms with E-state index in [2.05, 4.69) is 0 Å². The first-order chi connectivity index (χ1) is 11.6. The number of carbonyl (C=O) groups is 2. The number of carbonyl (C=O) groups excluding carboxylic acids is 2. The molecule has 7 heteroatoms. The first-order valence-electron chi connectivity index (χ1n) is 7.40. The van der Waals surface area contributed by atoms with Gasteiger partial charge in [0.15, 0.2) is 11.5 Å². The van der Waals surface area contributed by atoms with Gasteiger partial charge in [-0.25, -0.2) is 4.90 Å². The average molecular weight is 342 g/mol. The van der Waals surface area contributed by atoms with Crippen molar-refractivity contribution in [2.24, 2.45) is 0 Å². The lowest BCUT2D eigenvalue weighted by atomic mass is 10.2. The largest absolute Gasteiger partial charge is 0.454 e. The van der Waals surface area contributed by atoms with E-state index in [1.165, 1.54) is 16.7 Å². The molecule has 2 aliphatic heterocycles. The fourth-order valence-corrected chi connectivity index (χ4v) is 3.87. The van der Waals surface area contributed by atoms with Gasteiger partial charge in [-0.3, -0.25) is 9.59 Å². The normalized spacial score (nSPS) is 19.2. The Morgan fingerprint density at radius 1 is 1.08 bits per heavy atom. The van der Waals surface area contributed by atoms with Crippen molar-refractivity contribution in [3.05, 3.63) is 42.5 Å². The van der Waals surface area contributed by atoms with E-state index >= 15 is 0 Å². The fraction of sp³-hybridized carbons (Fsp3) is 0.176. The summed E-state index contributed by atoms with van der Waals surface area (Å²) in [5.41, 5.74) is 6.90. The number of nitrogen functional groups attached to an aromatic ring is 1. The standard InChI is InChI=1S/C17H14N2O4S/c18-10-2-1-3-12(6-10)24-15-8-16(20)19(17(15)21)11-4-5-13-14(7-11)23-9-22-13/h1-7,15H,8-9,18H2/t15-/m1/s1. The van der Waals surface area contributed by atoms with Gasteiger partial charge < -0.3 is 15.2 Å². The maximum Gasteiger partial charge on any atom is 0.247 e. The molecular formula is C17H14N2O4S. The molecule has 0 unspecified atom stereocenters. The molecule has 2 aromatic rings. The Morgan fingerprint density at radius 2 is 1.92 bits per heavy atom. The minimum absolute atomic E-state index is 0.147. The van der Waals surface area contributed by atoms with Crippen molar-refractivity contribution in [3.63, 3.8) is 0 Å². The monoisotopic (exact) mass is 342 g/mol. The molecule has 0 radical (unpaired) electrons. The molecule has 2 amide bonds. The minimum Gasteiger partial charge on any atom is -0.454 e. The number of hydrogen-bond donors (Lipinski definition) is 1. The highest BCUT2D eigenvalue weighted by atomic mass is 32.2. The molecule has 0 spiro atoms. The molecule has 0 aromatic heterocycles. The van der Waals surface area contributed by atoms with Gasteiger partial charge >= 0.3 is 0 Å². The summed E-state index contributed by atoms with van der Waals surface area (Å²) in [4.78, 5) is 27.1. The molecule has 4 rings (SSSR count). The lowest BCUT2D eigenvalue weighted by Gasteiger charge is -2.15. The zero-order valence-corrected chi connectivity index (χ0v) is 13.4. The molecular weight excluding hydrogens is 328 g/mol.